The van der Waals surface area contributed by atoms with Crippen LogP contribution in [0.1, 0.15) is 11.1 Å². The average molecular weight is 356 g/mol. The summed E-state index contributed by atoms with van der Waals surface area (Å²) < 4.78 is 16.0. The van der Waals surface area contributed by atoms with Gasteiger partial charge in [0.15, 0.2) is 0 Å². The molecular weight excluding hydrogens is 332 g/mol. The number of carbonyl (C=O) groups is 1. The second-order valence-electron chi connectivity index (χ2n) is 6.33. The van der Waals surface area contributed by atoms with Crippen LogP contribution in [0.4, 0.5) is 5.69 Å². The van der Waals surface area contributed by atoms with Crippen LogP contribution in [0, 0.1) is 0 Å². The third kappa shape index (κ3) is 4.26. The molecule has 26 heavy (non-hydrogen) atoms. The average Bonchev–Trinajstić information content (AvgIpc) is 3.09. The molecule has 0 unspecified atom stereocenters. The van der Waals surface area contributed by atoms with E-state index < -0.39 is 0 Å². The van der Waals surface area contributed by atoms with Gasteiger partial charge in [0.2, 0.25) is 5.91 Å². The van der Waals surface area contributed by atoms with Gasteiger partial charge in [0.25, 0.3) is 0 Å². The summed E-state index contributed by atoms with van der Waals surface area (Å²) in [5.74, 6) is 2.12. The molecule has 0 atom stereocenters. The predicted molar refractivity (Wildman–Crippen MR) is 100 cm³/mol. The van der Waals surface area contributed by atoms with E-state index in [1.54, 1.807) is 32.4 Å². The highest BCUT2D eigenvalue weighted by molar-refractivity contribution is 5.94. The second kappa shape index (κ2) is 8.10. The molecule has 6 nitrogen and oxygen atoms in total. The first-order chi connectivity index (χ1) is 12.6. The Labute approximate surface area is 153 Å². The first-order valence-electron chi connectivity index (χ1n) is 8.54. The van der Waals surface area contributed by atoms with Crippen molar-refractivity contribution in [2.45, 2.75) is 13.0 Å². The molecule has 1 N–H and O–H groups in total. The molecule has 0 bridgehead atoms. The molecular formula is C20H24N2O4. The molecule has 0 radical (unpaired) electrons. The van der Waals surface area contributed by atoms with Crippen molar-refractivity contribution in [2.24, 2.45) is 0 Å². The number of methoxy groups -OCH3 is 2. The van der Waals surface area contributed by atoms with Crippen LogP contribution in [0.25, 0.3) is 0 Å². The molecule has 1 amide bonds. The fourth-order valence-corrected chi connectivity index (χ4v) is 3.05. The zero-order valence-electron chi connectivity index (χ0n) is 15.4. The normalized spacial score (nSPS) is 12.5. The van der Waals surface area contributed by atoms with Gasteiger partial charge in [-0.2, -0.15) is 0 Å². The number of likely N-dealkylation sites (N-methyl/N-ethyl adjacent to an activating group) is 1. The maximum absolute atomic E-state index is 12.4. The van der Waals surface area contributed by atoms with Gasteiger partial charge in [-0.05, 0) is 36.4 Å². The smallest absolute Gasteiger partial charge is 0.238 e. The molecule has 6 heteroatoms. The Hall–Kier alpha value is -2.73. The van der Waals surface area contributed by atoms with Gasteiger partial charge in [-0.3, -0.25) is 9.69 Å². The van der Waals surface area contributed by atoms with Crippen molar-refractivity contribution in [2.75, 3.05) is 39.7 Å². The van der Waals surface area contributed by atoms with Crippen molar-refractivity contribution in [3.05, 3.63) is 47.5 Å². The summed E-state index contributed by atoms with van der Waals surface area (Å²) in [5.41, 5.74) is 3.00. The highest BCUT2D eigenvalue weighted by atomic mass is 16.5. The van der Waals surface area contributed by atoms with Crippen LogP contribution >= 0.6 is 0 Å². The van der Waals surface area contributed by atoms with Crippen molar-refractivity contribution >= 4 is 11.6 Å². The standard InChI is InChI=1S/C20H24N2O4/c1-22(12-14-4-6-18-15(10-14)8-9-26-18)13-20(23)21-17-11-16(24-2)5-7-19(17)25-3/h4-7,10-11H,8-9,12-13H2,1-3H3,(H,21,23). The van der Waals surface area contributed by atoms with Crippen molar-refractivity contribution in [1.29, 1.82) is 0 Å². The molecule has 0 saturated heterocycles. The van der Waals surface area contributed by atoms with Gasteiger partial charge in [-0.1, -0.05) is 12.1 Å². The topological polar surface area (TPSA) is 60.0 Å². The Morgan fingerprint density at radius 2 is 2.04 bits per heavy atom. The molecule has 1 aliphatic rings. The number of hydrogen-bond acceptors (Lipinski definition) is 5. The van der Waals surface area contributed by atoms with E-state index >= 15 is 0 Å². The lowest BCUT2D eigenvalue weighted by atomic mass is 10.1. The lowest BCUT2D eigenvalue weighted by Gasteiger charge is -2.18. The summed E-state index contributed by atoms with van der Waals surface area (Å²) in [6, 6.07) is 11.5. The number of carbonyl (C=O) groups excluding carboxylic acids is 1. The lowest BCUT2D eigenvalue weighted by molar-refractivity contribution is -0.117. The van der Waals surface area contributed by atoms with Crippen LogP contribution in [0.5, 0.6) is 17.2 Å². The molecule has 1 heterocycles. The highest BCUT2D eigenvalue weighted by Crippen LogP contribution is 2.29. The summed E-state index contributed by atoms with van der Waals surface area (Å²) in [6.07, 6.45) is 0.947. The summed E-state index contributed by atoms with van der Waals surface area (Å²) in [6.45, 7) is 1.71. The minimum absolute atomic E-state index is 0.108. The van der Waals surface area contributed by atoms with Crippen molar-refractivity contribution < 1.29 is 19.0 Å². The molecule has 2 aromatic carbocycles. The fourth-order valence-electron chi connectivity index (χ4n) is 3.05. The number of hydrogen-bond donors (Lipinski definition) is 1. The maximum Gasteiger partial charge on any atom is 0.238 e. The van der Waals surface area contributed by atoms with E-state index in [1.165, 1.54) is 11.1 Å². The Morgan fingerprint density at radius 3 is 2.81 bits per heavy atom. The van der Waals surface area contributed by atoms with Crippen LogP contribution in [-0.2, 0) is 17.8 Å². The SMILES string of the molecule is COc1ccc(OC)c(NC(=O)CN(C)Cc2ccc3c(c2)CCO3)c1. The minimum atomic E-state index is -0.108. The van der Waals surface area contributed by atoms with Crippen molar-refractivity contribution in [3.63, 3.8) is 0 Å². The highest BCUT2D eigenvalue weighted by Gasteiger charge is 2.14. The Balaban J connectivity index is 1.59. The number of anilines is 1. The third-order valence-corrected chi connectivity index (χ3v) is 4.30. The van der Waals surface area contributed by atoms with E-state index in [4.69, 9.17) is 14.2 Å². The quantitative estimate of drug-likeness (QED) is 0.827. The van der Waals surface area contributed by atoms with Gasteiger partial charge < -0.3 is 19.5 Å². The molecule has 0 aliphatic carbocycles. The maximum atomic E-state index is 12.4. The molecule has 0 spiro atoms. The van der Waals surface area contributed by atoms with E-state index in [9.17, 15) is 4.79 Å². The van der Waals surface area contributed by atoms with Gasteiger partial charge in [-0.25, -0.2) is 0 Å². The predicted octanol–water partition coefficient (Wildman–Crippen LogP) is 2.71. The van der Waals surface area contributed by atoms with E-state index in [-0.39, 0.29) is 12.5 Å². The van der Waals surface area contributed by atoms with Gasteiger partial charge in [0.05, 0.1) is 33.1 Å². The van der Waals surface area contributed by atoms with E-state index in [1.807, 2.05) is 24.1 Å². The zero-order chi connectivity index (χ0) is 18.5. The molecule has 0 saturated carbocycles. The van der Waals surface area contributed by atoms with Crippen LogP contribution in [0.15, 0.2) is 36.4 Å². The molecule has 2 aromatic rings. The van der Waals surface area contributed by atoms with Crippen LogP contribution in [0.3, 0.4) is 0 Å². The number of rotatable bonds is 7. The summed E-state index contributed by atoms with van der Waals surface area (Å²) in [7, 11) is 5.08. The van der Waals surface area contributed by atoms with Crippen LogP contribution in [-0.4, -0.2) is 45.2 Å². The largest absolute Gasteiger partial charge is 0.497 e. The minimum Gasteiger partial charge on any atom is -0.497 e. The molecule has 3 rings (SSSR count). The van der Waals surface area contributed by atoms with Gasteiger partial charge in [0.1, 0.15) is 17.2 Å². The van der Waals surface area contributed by atoms with Crippen molar-refractivity contribution in [3.8, 4) is 17.2 Å². The van der Waals surface area contributed by atoms with E-state index in [2.05, 4.69) is 11.4 Å². The molecule has 0 aromatic heterocycles. The van der Waals surface area contributed by atoms with Crippen molar-refractivity contribution in [1.82, 2.24) is 4.90 Å². The first-order valence-corrected chi connectivity index (χ1v) is 8.54. The fraction of sp³-hybridized carbons (Fsp3) is 0.350. The number of nitrogens with one attached hydrogen (secondary N) is 1. The number of nitrogens with zero attached hydrogens (tertiary/aromatic N) is 1. The van der Waals surface area contributed by atoms with Gasteiger partial charge in [-0.15, -0.1) is 0 Å². The van der Waals surface area contributed by atoms with E-state index in [0.29, 0.717) is 23.7 Å². The summed E-state index contributed by atoms with van der Waals surface area (Å²) in [5, 5.41) is 2.89. The van der Waals surface area contributed by atoms with Crippen LogP contribution in [0.2, 0.25) is 0 Å². The first kappa shape index (κ1) is 18.1. The lowest BCUT2D eigenvalue weighted by Crippen LogP contribution is -2.30. The third-order valence-electron chi connectivity index (χ3n) is 4.30. The van der Waals surface area contributed by atoms with E-state index in [0.717, 1.165) is 18.8 Å². The number of ether oxygens (including phenoxy) is 3. The number of amides is 1. The number of fused-ring (bicyclic) bond motifs is 1. The molecule has 1 aliphatic heterocycles. The second-order valence-corrected chi connectivity index (χ2v) is 6.33. The van der Waals surface area contributed by atoms with Gasteiger partial charge >= 0.3 is 0 Å². The Morgan fingerprint density at radius 1 is 1.19 bits per heavy atom. The van der Waals surface area contributed by atoms with Gasteiger partial charge in [0, 0.05) is 19.0 Å². The molecule has 0 fully saturated rings. The number of benzene rings is 2. The zero-order valence-corrected chi connectivity index (χ0v) is 15.4. The Bertz CT molecular complexity index is 791. The monoisotopic (exact) mass is 356 g/mol. The molecule has 138 valence electrons. The van der Waals surface area contributed by atoms with Crippen LogP contribution < -0.4 is 19.5 Å². The summed E-state index contributed by atoms with van der Waals surface area (Å²) >= 11 is 0. The Kier molecular flexibility index (Phi) is 5.63. The summed E-state index contributed by atoms with van der Waals surface area (Å²) in [4.78, 5) is 14.4.